The summed E-state index contributed by atoms with van der Waals surface area (Å²) >= 11 is 1.55. The van der Waals surface area contributed by atoms with Crippen LogP contribution in [-0.2, 0) is 4.18 Å². The molecule has 0 amide bonds. The van der Waals surface area contributed by atoms with E-state index in [4.69, 9.17) is 4.18 Å². The summed E-state index contributed by atoms with van der Waals surface area (Å²) in [5, 5.41) is 0. The van der Waals surface area contributed by atoms with Gasteiger partial charge in [0.25, 0.3) is 0 Å². The van der Waals surface area contributed by atoms with Crippen LogP contribution in [0, 0.1) is 0 Å². The molecule has 0 aliphatic heterocycles. The van der Waals surface area contributed by atoms with Crippen molar-refractivity contribution in [2.24, 2.45) is 0 Å². The lowest BCUT2D eigenvalue weighted by Crippen LogP contribution is -1.59. The van der Waals surface area contributed by atoms with Crippen LogP contribution in [0.2, 0.25) is 0 Å². The Balaban J connectivity index is 0. The molecule has 0 atom stereocenters. The van der Waals surface area contributed by atoms with Gasteiger partial charge < -0.3 is 4.18 Å². The minimum absolute atomic E-state index is 0. The van der Waals surface area contributed by atoms with Gasteiger partial charge in [-0.15, -0.1) is 0 Å². The second-order valence-electron chi connectivity index (χ2n) is 1.05. The van der Waals surface area contributed by atoms with Crippen molar-refractivity contribution >= 4 is 32.3 Å². The maximum Gasteiger partial charge on any atom is 0.0507 e. The van der Waals surface area contributed by atoms with Crippen LogP contribution in [-0.4, -0.2) is 20.4 Å². The molecule has 0 radical (unpaired) electrons. The van der Waals surface area contributed by atoms with Crippen molar-refractivity contribution in [3.05, 3.63) is 0 Å². The molecule has 0 heterocycles. The lowest BCUT2D eigenvalue weighted by molar-refractivity contribution is 0.497. The van der Waals surface area contributed by atoms with Crippen molar-refractivity contribution in [2.45, 2.75) is 0 Å². The van der Waals surface area contributed by atoms with E-state index in [1.54, 1.807) is 18.8 Å². The predicted molar refractivity (Wildman–Crippen MR) is 43.7 cm³/mol. The fourth-order valence-electron chi connectivity index (χ4n) is 0.149. The molecular formula is C3H11OPS2. The zero-order valence-corrected chi connectivity index (χ0v) is 7.47. The van der Waals surface area contributed by atoms with Crippen molar-refractivity contribution in [3.63, 3.8) is 0 Å². The Morgan fingerprint density at radius 3 is 1.86 bits per heavy atom. The number of hydrogen-bond donors (Lipinski definition) is 0. The molecule has 0 aliphatic carbocycles. The van der Waals surface area contributed by atoms with E-state index in [0.29, 0.717) is 0 Å². The minimum atomic E-state index is 0. The number of rotatable bonds is 2. The minimum Gasteiger partial charge on any atom is -0.314 e. The monoisotopic (exact) mass is 158 g/mol. The quantitative estimate of drug-likeness (QED) is 0.449. The highest BCUT2D eigenvalue weighted by Gasteiger charge is 1.86. The van der Waals surface area contributed by atoms with Gasteiger partial charge in [-0.3, -0.25) is 0 Å². The second kappa shape index (κ2) is 7.09. The van der Waals surface area contributed by atoms with E-state index in [2.05, 4.69) is 13.3 Å². The van der Waals surface area contributed by atoms with Gasteiger partial charge in [-0.25, -0.2) is 0 Å². The first kappa shape index (κ1) is 11.0. The van der Waals surface area contributed by atoms with E-state index in [9.17, 15) is 0 Å². The molecule has 1 nitrogen and oxygen atoms in total. The van der Waals surface area contributed by atoms with Gasteiger partial charge in [0.1, 0.15) is 0 Å². The Labute approximate surface area is 57.4 Å². The molecule has 0 rings (SSSR count). The third-order valence-electron chi connectivity index (χ3n) is 0.224. The van der Waals surface area contributed by atoms with Crippen LogP contribution in [0.3, 0.4) is 0 Å². The van der Waals surface area contributed by atoms with E-state index < -0.39 is 0 Å². The third kappa shape index (κ3) is 11.0. The first-order valence-corrected chi connectivity index (χ1v) is 5.23. The summed E-state index contributed by atoms with van der Waals surface area (Å²) in [5.74, 6) is 0. The standard InChI is InChI=1S/C3H9OPS.H2S/c1-4-6-5(2)3;/h1-3H3;1H2. The first-order valence-electron chi connectivity index (χ1n) is 1.65. The first-order chi connectivity index (χ1) is 2.77. The second-order valence-corrected chi connectivity index (χ2v) is 5.80. The van der Waals surface area contributed by atoms with Crippen LogP contribution in [0.4, 0.5) is 0 Å². The van der Waals surface area contributed by atoms with Crippen LogP contribution in [0.5, 0.6) is 0 Å². The van der Waals surface area contributed by atoms with Gasteiger partial charge in [-0.1, -0.05) is 0 Å². The Morgan fingerprint density at radius 1 is 1.43 bits per heavy atom. The molecule has 0 aromatic rings. The molecule has 46 valence electrons. The van der Waals surface area contributed by atoms with Gasteiger partial charge in [-0.2, -0.15) is 13.5 Å². The topological polar surface area (TPSA) is 9.23 Å². The maximum atomic E-state index is 4.75. The van der Waals surface area contributed by atoms with Gasteiger partial charge in [0.05, 0.1) is 7.11 Å². The predicted octanol–water partition coefficient (Wildman–Crippen LogP) is 2.05. The highest BCUT2D eigenvalue weighted by atomic mass is 32.7. The van der Waals surface area contributed by atoms with Crippen LogP contribution in [0.15, 0.2) is 0 Å². The van der Waals surface area contributed by atoms with E-state index >= 15 is 0 Å². The molecule has 0 fully saturated rings. The number of hydrogen-bond acceptors (Lipinski definition) is 2. The fourth-order valence-corrected chi connectivity index (χ4v) is 1.34. The Kier molecular flexibility index (Phi) is 11.1. The Morgan fingerprint density at radius 2 is 1.86 bits per heavy atom. The molecule has 4 heteroatoms. The van der Waals surface area contributed by atoms with Crippen LogP contribution < -0.4 is 0 Å². The summed E-state index contributed by atoms with van der Waals surface area (Å²) in [6, 6.07) is 0. The van der Waals surface area contributed by atoms with Crippen LogP contribution >= 0.6 is 32.3 Å². The molecular weight excluding hydrogens is 147 g/mol. The van der Waals surface area contributed by atoms with E-state index in [-0.39, 0.29) is 20.6 Å². The third-order valence-corrected chi connectivity index (χ3v) is 2.01. The van der Waals surface area contributed by atoms with Crippen molar-refractivity contribution in [1.82, 2.24) is 0 Å². The van der Waals surface area contributed by atoms with E-state index in [1.807, 2.05) is 0 Å². The van der Waals surface area contributed by atoms with Crippen molar-refractivity contribution in [3.8, 4) is 0 Å². The summed E-state index contributed by atoms with van der Waals surface area (Å²) in [6.07, 6.45) is 0. The van der Waals surface area contributed by atoms with E-state index in [0.717, 1.165) is 0 Å². The molecule has 0 aromatic heterocycles. The largest absolute Gasteiger partial charge is 0.314 e. The van der Waals surface area contributed by atoms with Crippen molar-refractivity contribution in [2.75, 3.05) is 20.4 Å². The van der Waals surface area contributed by atoms with Gasteiger partial charge in [0, 0.05) is 11.7 Å². The smallest absolute Gasteiger partial charge is 0.0507 e. The molecule has 0 unspecified atom stereocenters. The van der Waals surface area contributed by atoms with Crippen molar-refractivity contribution in [1.29, 1.82) is 0 Å². The average molecular weight is 158 g/mol. The molecule has 7 heavy (non-hydrogen) atoms. The van der Waals surface area contributed by atoms with Crippen molar-refractivity contribution < 1.29 is 4.18 Å². The summed E-state index contributed by atoms with van der Waals surface area (Å²) in [4.78, 5) is 0. The molecule has 0 saturated carbocycles. The highest BCUT2D eigenvalue weighted by Crippen LogP contribution is 2.41. The molecule has 0 saturated heterocycles. The normalized spacial score (nSPS) is 8.57. The highest BCUT2D eigenvalue weighted by molar-refractivity contribution is 8.52. The lowest BCUT2D eigenvalue weighted by atomic mass is 11.8. The Bertz CT molecular complexity index is 34.1. The Hall–Kier alpha value is 1.09. The zero-order chi connectivity index (χ0) is 4.99. The summed E-state index contributed by atoms with van der Waals surface area (Å²) in [5.41, 5.74) is 0. The summed E-state index contributed by atoms with van der Waals surface area (Å²) in [7, 11) is 1.80. The van der Waals surface area contributed by atoms with Gasteiger partial charge in [0.15, 0.2) is 0 Å². The molecule has 0 N–H and O–H groups in total. The summed E-state index contributed by atoms with van der Waals surface area (Å²) in [6.45, 7) is 4.31. The van der Waals surface area contributed by atoms with Crippen LogP contribution in [0.1, 0.15) is 0 Å². The fraction of sp³-hybridized carbons (Fsp3) is 1.00. The SMILES string of the molecule is COSP(C)C.S. The molecule has 0 bridgehead atoms. The zero-order valence-electron chi connectivity index (χ0n) is 4.76. The maximum absolute atomic E-state index is 4.75. The van der Waals surface area contributed by atoms with E-state index in [1.165, 1.54) is 0 Å². The van der Waals surface area contributed by atoms with Crippen LogP contribution in [0.25, 0.3) is 0 Å². The van der Waals surface area contributed by atoms with Gasteiger partial charge in [0.2, 0.25) is 0 Å². The molecule has 0 aliphatic rings. The van der Waals surface area contributed by atoms with Gasteiger partial charge >= 0.3 is 0 Å². The summed E-state index contributed by atoms with van der Waals surface area (Å²) < 4.78 is 4.75. The van der Waals surface area contributed by atoms with Gasteiger partial charge in [-0.05, 0) is 20.5 Å². The molecule has 0 spiro atoms. The lowest BCUT2D eigenvalue weighted by Gasteiger charge is -1.96. The molecule has 0 aromatic carbocycles. The average Bonchev–Trinajstić information content (AvgIpc) is 1.35.